The Morgan fingerprint density at radius 2 is 1.64 bits per heavy atom. The van der Waals surface area contributed by atoms with Crippen LogP contribution in [-0.2, 0) is 19.1 Å². The number of likely N-dealkylation sites (tertiary alicyclic amines) is 1. The lowest BCUT2D eigenvalue weighted by Crippen LogP contribution is -2.39. The van der Waals surface area contributed by atoms with E-state index < -0.39 is 11.9 Å². The number of amides is 3. The SMILES string of the molecule is CC(C)OC(=O)c1ccc(NC(=O)CN2C(=O)[C@@H]3[C@@H](C2=O)[C@H]2C=C[C@H]3C2)cc1. The molecular formula is C21H22N2O5. The number of anilines is 1. The largest absolute Gasteiger partial charge is 0.459 e. The number of nitrogens with one attached hydrogen (secondary N) is 1. The van der Waals surface area contributed by atoms with Crippen LogP contribution in [0.3, 0.4) is 0 Å². The summed E-state index contributed by atoms with van der Waals surface area (Å²) in [5, 5.41) is 2.67. The van der Waals surface area contributed by atoms with Crippen LogP contribution in [0.1, 0.15) is 30.6 Å². The lowest BCUT2D eigenvalue weighted by Gasteiger charge is -2.17. The lowest BCUT2D eigenvalue weighted by molar-refractivity contribution is -0.143. The van der Waals surface area contributed by atoms with Crippen molar-refractivity contribution in [1.29, 1.82) is 0 Å². The Morgan fingerprint density at radius 1 is 1.07 bits per heavy atom. The number of carbonyl (C=O) groups is 4. The van der Waals surface area contributed by atoms with Crippen LogP contribution in [0.5, 0.6) is 0 Å². The second kappa shape index (κ2) is 6.89. The third kappa shape index (κ3) is 3.10. The summed E-state index contributed by atoms with van der Waals surface area (Å²) in [7, 11) is 0. The van der Waals surface area contributed by atoms with Crippen molar-refractivity contribution in [3.8, 4) is 0 Å². The average molecular weight is 382 g/mol. The van der Waals surface area contributed by atoms with Gasteiger partial charge < -0.3 is 10.1 Å². The second-order valence-electron chi connectivity index (χ2n) is 7.84. The van der Waals surface area contributed by atoms with E-state index >= 15 is 0 Å². The number of rotatable bonds is 5. The van der Waals surface area contributed by atoms with E-state index in [0.29, 0.717) is 11.3 Å². The summed E-state index contributed by atoms with van der Waals surface area (Å²) in [6, 6.07) is 6.28. The minimum atomic E-state index is -0.445. The molecule has 0 aromatic heterocycles. The summed E-state index contributed by atoms with van der Waals surface area (Å²) >= 11 is 0. The molecule has 2 aliphatic carbocycles. The van der Waals surface area contributed by atoms with Crippen molar-refractivity contribution in [2.75, 3.05) is 11.9 Å². The number of benzene rings is 1. The van der Waals surface area contributed by atoms with Crippen LogP contribution >= 0.6 is 0 Å². The molecule has 2 bridgehead atoms. The van der Waals surface area contributed by atoms with Gasteiger partial charge in [0.15, 0.2) is 0 Å². The molecule has 1 aromatic carbocycles. The molecule has 1 aliphatic heterocycles. The minimum absolute atomic E-state index is 0.123. The van der Waals surface area contributed by atoms with Gasteiger partial charge in [-0.05, 0) is 56.4 Å². The van der Waals surface area contributed by atoms with E-state index in [1.54, 1.807) is 38.1 Å². The number of fused-ring (bicyclic) bond motifs is 5. The normalized spacial score (nSPS) is 27.5. The van der Waals surface area contributed by atoms with Crippen molar-refractivity contribution in [1.82, 2.24) is 4.90 Å². The quantitative estimate of drug-likeness (QED) is 0.478. The Bertz CT molecular complexity index is 843. The molecule has 0 spiro atoms. The van der Waals surface area contributed by atoms with Gasteiger partial charge in [0.25, 0.3) is 0 Å². The van der Waals surface area contributed by atoms with Gasteiger partial charge in [-0.25, -0.2) is 4.79 Å². The van der Waals surface area contributed by atoms with Crippen molar-refractivity contribution < 1.29 is 23.9 Å². The highest BCUT2D eigenvalue weighted by Crippen LogP contribution is 2.52. The van der Waals surface area contributed by atoms with E-state index in [9.17, 15) is 19.2 Å². The third-order valence-electron chi connectivity index (χ3n) is 5.61. The minimum Gasteiger partial charge on any atom is -0.459 e. The van der Waals surface area contributed by atoms with Crippen LogP contribution in [0.4, 0.5) is 5.69 Å². The number of carbonyl (C=O) groups excluding carboxylic acids is 4. The lowest BCUT2D eigenvalue weighted by atomic mass is 9.85. The van der Waals surface area contributed by atoms with E-state index in [2.05, 4.69) is 5.32 Å². The molecule has 4 atom stereocenters. The van der Waals surface area contributed by atoms with Crippen LogP contribution < -0.4 is 5.32 Å². The van der Waals surface area contributed by atoms with Crippen LogP contribution in [0.15, 0.2) is 36.4 Å². The first-order valence-corrected chi connectivity index (χ1v) is 9.49. The first kappa shape index (κ1) is 18.4. The van der Waals surface area contributed by atoms with Crippen LogP contribution in [0, 0.1) is 23.7 Å². The molecule has 1 heterocycles. The molecule has 0 unspecified atom stereocenters. The number of hydrogen-bond acceptors (Lipinski definition) is 5. The standard InChI is InChI=1S/C21H22N2O5/c1-11(2)28-21(27)12-5-7-15(8-6-12)22-16(24)10-23-19(25)17-13-3-4-14(9-13)18(17)20(23)26/h3-8,11,13-14,17-18H,9-10H2,1-2H3,(H,22,24)/t13-,14-,17-,18-/m0/s1. The molecular weight excluding hydrogens is 360 g/mol. The van der Waals surface area contributed by atoms with Crippen LogP contribution in [-0.4, -0.2) is 41.2 Å². The third-order valence-corrected chi connectivity index (χ3v) is 5.61. The highest BCUT2D eigenvalue weighted by molar-refractivity contribution is 6.09. The zero-order chi connectivity index (χ0) is 20.0. The number of ether oxygens (including phenoxy) is 1. The van der Waals surface area contributed by atoms with E-state index in [0.717, 1.165) is 11.3 Å². The molecule has 4 rings (SSSR count). The monoisotopic (exact) mass is 382 g/mol. The zero-order valence-electron chi connectivity index (χ0n) is 15.8. The second-order valence-corrected chi connectivity index (χ2v) is 7.84. The number of nitrogens with zero attached hydrogens (tertiary/aromatic N) is 1. The van der Waals surface area contributed by atoms with Crippen molar-refractivity contribution in [2.45, 2.75) is 26.4 Å². The first-order valence-electron chi connectivity index (χ1n) is 9.49. The summed E-state index contributed by atoms with van der Waals surface area (Å²) in [5.74, 6) is -1.73. The maximum atomic E-state index is 12.6. The number of esters is 1. The predicted molar refractivity (Wildman–Crippen MR) is 100 cm³/mol. The van der Waals surface area contributed by atoms with Crippen LogP contribution in [0.2, 0.25) is 0 Å². The fourth-order valence-electron chi connectivity index (χ4n) is 4.44. The Hall–Kier alpha value is -2.96. The first-order chi connectivity index (χ1) is 13.3. The molecule has 1 N–H and O–H groups in total. The molecule has 3 aliphatic rings. The molecule has 1 aromatic rings. The van der Waals surface area contributed by atoms with Crippen molar-refractivity contribution in [3.05, 3.63) is 42.0 Å². The van der Waals surface area contributed by atoms with Gasteiger partial charge in [0.05, 0.1) is 23.5 Å². The Labute approximate surface area is 162 Å². The van der Waals surface area contributed by atoms with Gasteiger partial charge in [-0.2, -0.15) is 0 Å². The van der Waals surface area contributed by atoms with Gasteiger partial charge in [0, 0.05) is 5.69 Å². The Balaban J connectivity index is 1.37. The molecule has 2 fully saturated rings. The fourth-order valence-corrected chi connectivity index (χ4v) is 4.44. The molecule has 1 saturated heterocycles. The van der Waals surface area contributed by atoms with Gasteiger partial charge in [-0.1, -0.05) is 12.2 Å². The van der Waals surface area contributed by atoms with Gasteiger partial charge in [-0.3, -0.25) is 19.3 Å². The van der Waals surface area contributed by atoms with Gasteiger partial charge in [0.2, 0.25) is 17.7 Å². The molecule has 1 saturated carbocycles. The molecule has 3 amide bonds. The zero-order valence-corrected chi connectivity index (χ0v) is 15.8. The summed E-state index contributed by atoms with van der Waals surface area (Å²) < 4.78 is 5.12. The Kier molecular flexibility index (Phi) is 4.53. The van der Waals surface area contributed by atoms with E-state index in [4.69, 9.17) is 4.74 Å². The van der Waals surface area contributed by atoms with E-state index in [-0.39, 0.29) is 48.1 Å². The maximum absolute atomic E-state index is 12.6. The van der Waals surface area contributed by atoms with E-state index in [1.807, 2.05) is 12.2 Å². The van der Waals surface area contributed by atoms with Gasteiger partial charge in [-0.15, -0.1) is 0 Å². The number of imide groups is 1. The van der Waals surface area contributed by atoms with Crippen LogP contribution in [0.25, 0.3) is 0 Å². The highest BCUT2D eigenvalue weighted by atomic mass is 16.5. The molecule has 7 nitrogen and oxygen atoms in total. The topological polar surface area (TPSA) is 92.8 Å². The summed E-state index contributed by atoms with van der Waals surface area (Å²) in [4.78, 5) is 50.5. The van der Waals surface area contributed by atoms with Gasteiger partial charge in [0.1, 0.15) is 6.54 Å². The number of allylic oxidation sites excluding steroid dienone is 2. The maximum Gasteiger partial charge on any atom is 0.338 e. The molecule has 0 radical (unpaired) electrons. The fraction of sp³-hybridized carbons (Fsp3) is 0.429. The molecule has 28 heavy (non-hydrogen) atoms. The van der Waals surface area contributed by atoms with Crippen molar-refractivity contribution in [3.63, 3.8) is 0 Å². The molecule has 7 heteroatoms. The molecule has 146 valence electrons. The van der Waals surface area contributed by atoms with Gasteiger partial charge >= 0.3 is 5.97 Å². The smallest absolute Gasteiger partial charge is 0.338 e. The number of hydrogen-bond donors (Lipinski definition) is 1. The highest BCUT2D eigenvalue weighted by Gasteiger charge is 2.59. The van der Waals surface area contributed by atoms with E-state index in [1.165, 1.54) is 0 Å². The summed E-state index contributed by atoms with van der Waals surface area (Å²) in [5.41, 5.74) is 0.861. The summed E-state index contributed by atoms with van der Waals surface area (Å²) in [6.45, 7) is 3.24. The van der Waals surface area contributed by atoms with Crippen molar-refractivity contribution >= 4 is 29.4 Å². The Morgan fingerprint density at radius 3 is 2.18 bits per heavy atom. The summed E-state index contributed by atoms with van der Waals surface area (Å²) in [6.07, 6.45) is 4.68. The predicted octanol–water partition coefficient (Wildman–Crippen LogP) is 2.00. The average Bonchev–Trinajstić information content (AvgIpc) is 3.32. The van der Waals surface area contributed by atoms with Crippen molar-refractivity contribution in [2.24, 2.45) is 23.7 Å².